The maximum atomic E-state index is 12.0. The Morgan fingerprint density at radius 2 is 1.68 bits per heavy atom. The summed E-state index contributed by atoms with van der Waals surface area (Å²) in [7, 11) is 1.39. The van der Waals surface area contributed by atoms with Gasteiger partial charge in [0.1, 0.15) is 11.2 Å². The van der Waals surface area contributed by atoms with Crippen molar-refractivity contribution < 1.29 is 19.2 Å². The van der Waals surface area contributed by atoms with Crippen molar-refractivity contribution in [2.45, 2.75) is 58.2 Å². The topological polar surface area (TPSA) is 48.0 Å². The predicted octanol–water partition coefficient (Wildman–Crippen LogP) is 3.38. The average molecular weight is 307 g/mol. The van der Waals surface area contributed by atoms with Gasteiger partial charge in [-0.05, 0) is 59.2 Å². The number of rotatable bonds is 3. The molecule has 2 rings (SSSR count). The predicted molar refractivity (Wildman–Crippen MR) is 84.3 cm³/mol. The molecule has 0 aliphatic carbocycles. The Kier molecular flexibility index (Phi) is 4.00. The monoisotopic (exact) mass is 307 g/mol. The molecule has 0 aromatic heterocycles. The molecule has 1 heterocycles. The van der Waals surface area contributed by atoms with E-state index in [0.717, 1.165) is 11.3 Å². The van der Waals surface area contributed by atoms with E-state index in [1.165, 1.54) is 12.3 Å². The van der Waals surface area contributed by atoms with E-state index in [9.17, 15) is 4.79 Å². The lowest BCUT2D eigenvalue weighted by Gasteiger charge is -2.26. The third-order valence-electron chi connectivity index (χ3n) is 4.55. The van der Waals surface area contributed by atoms with E-state index in [1.54, 1.807) is 0 Å². The van der Waals surface area contributed by atoms with Gasteiger partial charge in [0.25, 0.3) is 0 Å². The minimum Gasteiger partial charge on any atom is -0.468 e. The summed E-state index contributed by atoms with van der Waals surface area (Å²) in [5.41, 5.74) is -0.0724. The Labute approximate surface area is 132 Å². The Bertz CT molecular complexity index is 562. The van der Waals surface area contributed by atoms with Gasteiger partial charge in [-0.2, -0.15) is 0 Å². The zero-order chi connectivity index (χ0) is 16.8. The molecular weight excluding hydrogens is 282 g/mol. The fraction of sp³-hybridized carbons (Fsp3) is 0.588. The lowest BCUT2D eigenvalue weighted by atomic mass is 9.84. The quantitative estimate of drug-likeness (QED) is 0.801. The van der Waals surface area contributed by atoms with Crippen LogP contribution in [0.4, 0.5) is 5.69 Å². The maximum absolute atomic E-state index is 12.0. The van der Waals surface area contributed by atoms with Gasteiger partial charge in [0.15, 0.2) is 0 Å². The summed E-state index contributed by atoms with van der Waals surface area (Å²) in [5.74, 6) is -0.284. The molecule has 0 radical (unpaired) electrons. The number of carbonyl (C=O) groups is 1. The largest absolute Gasteiger partial charge is 0.468 e. The molecule has 1 aliphatic heterocycles. The van der Waals surface area contributed by atoms with Gasteiger partial charge >= 0.3 is 5.97 Å². The SMILES string of the molecule is COC(=O)C(C)(C)c1cccc(N2OC(C)(C)C(C)(C)O2)c1. The van der Waals surface area contributed by atoms with Crippen LogP contribution >= 0.6 is 0 Å². The van der Waals surface area contributed by atoms with Crippen molar-refractivity contribution in [1.82, 2.24) is 0 Å². The number of carbonyl (C=O) groups excluding carboxylic acids is 1. The molecule has 0 amide bonds. The van der Waals surface area contributed by atoms with Crippen molar-refractivity contribution >= 4 is 11.7 Å². The number of anilines is 1. The standard InChI is InChI=1S/C17H25NO4/c1-15(2,14(19)20-7)12-9-8-10-13(11-12)18-21-16(3,4)17(5,6)22-18/h8-11H,1-7H3. The highest BCUT2D eigenvalue weighted by atomic mass is 17.0. The molecule has 1 aliphatic rings. The van der Waals surface area contributed by atoms with Gasteiger partial charge in [-0.25, -0.2) is 9.68 Å². The normalized spacial score (nSPS) is 20.0. The van der Waals surface area contributed by atoms with Gasteiger partial charge in [-0.3, -0.25) is 4.79 Å². The van der Waals surface area contributed by atoms with Gasteiger partial charge in [-0.1, -0.05) is 12.1 Å². The molecule has 1 fully saturated rings. The Morgan fingerprint density at radius 1 is 1.14 bits per heavy atom. The zero-order valence-electron chi connectivity index (χ0n) is 14.4. The number of methoxy groups -OCH3 is 1. The van der Waals surface area contributed by atoms with Crippen LogP contribution in [0.5, 0.6) is 0 Å². The smallest absolute Gasteiger partial charge is 0.315 e. The molecule has 0 saturated carbocycles. The summed E-state index contributed by atoms with van der Waals surface area (Å²) in [4.78, 5) is 23.8. The van der Waals surface area contributed by atoms with Gasteiger partial charge in [0.05, 0.1) is 18.2 Å². The van der Waals surface area contributed by atoms with E-state index in [0.29, 0.717) is 0 Å². The highest BCUT2D eigenvalue weighted by Gasteiger charge is 2.50. The number of nitrogens with zero attached hydrogens (tertiary/aromatic N) is 1. The van der Waals surface area contributed by atoms with Crippen molar-refractivity contribution in [3.05, 3.63) is 29.8 Å². The van der Waals surface area contributed by atoms with Gasteiger partial charge in [-0.15, -0.1) is 5.23 Å². The molecule has 0 bridgehead atoms. The summed E-state index contributed by atoms with van der Waals surface area (Å²) < 4.78 is 4.89. The van der Waals surface area contributed by atoms with E-state index in [4.69, 9.17) is 14.4 Å². The van der Waals surface area contributed by atoms with Crippen molar-refractivity contribution in [2.24, 2.45) is 0 Å². The molecule has 22 heavy (non-hydrogen) atoms. The first kappa shape index (κ1) is 16.8. The lowest BCUT2D eigenvalue weighted by molar-refractivity contribution is -0.146. The van der Waals surface area contributed by atoms with E-state index in [1.807, 2.05) is 65.8 Å². The zero-order valence-corrected chi connectivity index (χ0v) is 14.4. The highest BCUT2D eigenvalue weighted by Crippen LogP contribution is 2.40. The summed E-state index contributed by atoms with van der Waals surface area (Å²) in [6, 6.07) is 7.54. The van der Waals surface area contributed by atoms with Gasteiger partial charge < -0.3 is 4.74 Å². The van der Waals surface area contributed by atoms with E-state index < -0.39 is 16.6 Å². The first-order valence-corrected chi connectivity index (χ1v) is 7.38. The van der Waals surface area contributed by atoms with Gasteiger partial charge in [0, 0.05) is 0 Å². The Balaban J connectivity index is 2.33. The average Bonchev–Trinajstić information content (AvgIpc) is 2.66. The summed E-state index contributed by atoms with van der Waals surface area (Å²) >= 11 is 0. The molecule has 1 aromatic rings. The molecule has 1 saturated heterocycles. The van der Waals surface area contributed by atoms with Crippen molar-refractivity contribution in [3.8, 4) is 0 Å². The van der Waals surface area contributed by atoms with E-state index in [-0.39, 0.29) is 5.97 Å². The minimum atomic E-state index is -0.741. The third-order valence-corrected chi connectivity index (χ3v) is 4.55. The van der Waals surface area contributed by atoms with Crippen molar-refractivity contribution in [3.63, 3.8) is 0 Å². The minimum absolute atomic E-state index is 0.284. The number of benzene rings is 1. The number of hydrogen-bond acceptors (Lipinski definition) is 5. The first-order valence-electron chi connectivity index (χ1n) is 7.38. The second-order valence-electron chi connectivity index (χ2n) is 7.13. The van der Waals surface area contributed by atoms with Crippen LogP contribution in [-0.4, -0.2) is 24.3 Å². The van der Waals surface area contributed by atoms with Crippen LogP contribution in [0.3, 0.4) is 0 Å². The Morgan fingerprint density at radius 3 is 2.18 bits per heavy atom. The summed E-state index contributed by atoms with van der Waals surface area (Å²) in [6.07, 6.45) is 0. The highest BCUT2D eigenvalue weighted by molar-refractivity contribution is 5.82. The molecule has 122 valence electrons. The van der Waals surface area contributed by atoms with Crippen LogP contribution in [0.25, 0.3) is 0 Å². The molecule has 0 unspecified atom stereocenters. The van der Waals surface area contributed by atoms with E-state index >= 15 is 0 Å². The summed E-state index contributed by atoms with van der Waals surface area (Å²) in [5, 5.41) is 1.43. The van der Waals surface area contributed by atoms with Crippen LogP contribution in [0, 0.1) is 0 Å². The molecule has 1 aromatic carbocycles. The third kappa shape index (κ3) is 2.71. The number of esters is 1. The second kappa shape index (κ2) is 5.25. The van der Waals surface area contributed by atoms with Crippen molar-refractivity contribution in [1.29, 1.82) is 0 Å². The molecular formula is C17H25NO4. The van der Waals surface area contributed by atoms with E-state index in [2.05, 4.69) is 0 Å². The Hall–Kier alpha value is -1.59. The van der Waals surface area contributed by atoms with Crippen molar-refractivity contribution in [2.75, 3.05) is 12.3 Å². The fourth-order valence-electron chi connectivity index (χ4n) is 2.14. The molecule has 5 nitrogen and oxygen atoms in total. The number of hydrogen-bond donors (Lipinski definition) is 0. The maximum Gasteiger partial charge on any atom is 0.315 e. The first-order chi connectivity index (χ1) is 10.0. The lowest BCUT2D eigenvalue weighted by Crippen LogP contribution is -2.41. The molecule has 5 heteroatoms. The van der Waals surface area contributed by atoms with Crippen LogP contribution in [0.1, 0.15) is 47.1 Å². The molecule has 0 N–H and O–H groups in total. The number of ether oxygens (including phenoxy) is 1. The van der Waals surface area contributed by atoms with Crippen LogP contribution in [0.15, 0.2) is 24.3 Å². The van der Waals surface area contributed by atoms with Gasteiger partial charge in [0.2, 0.25) is 0 Å². The van der Waals surface area contributed by atoms with Crippen LogP contribution in [0.2, 0.25) is 0 Å². The van der Waals surface area contributed by atoms with Crippen LogP contribution < -0.4 is 5.23 Å². The molecule has 0 spiro atoms. The second-order valence-corrected chi connectivity index (χ2v) is 7.13. The summed E-state index contributed by atoms with van der Waals surface area (Å²) in [6.45, 7) is 11.6. The van der Waals surface area contributed by atoms with Crippen LogP contribution in [-0.2, 0) is 24.6 Å². The fourth-order valence-corrected chi connectivity index (χ4v) is 2.14. The molecule has 0 atom stereocenters.